The summed E-state index contributed by atoms with van der Waals surface area (Å²) in [4.78, 5) is 14.7. The van der Waals surface area contributed by atoms with Crippen molar-refractivity contribution in [2.45, 2.75) is 38.0 Å². The second-order valence-electron chi connectivity index (χ2n) is 7.26. The lowest BCUT2D eigenvalue weighted by Gasteiger charge is -2.36. The third-order valence-corrected chi connectivity index (χ3v) is 5.98. The van der Waals surface area contributed by atoms with Crippen LogP contribution >= 0.6 is 0 Å². The van der Waals surface area contributed by atoms with Crippen LogP contribution in [0.15, 0.2) is 66.4 Å². The highest BCUT2D eigenvalue weighted by Gasteiger charge is 2.52. The highest BCUT2D eigenvalue weighted by atomic mass is 16.5. The standard InChI is InChI=1S/C22H21NO2/c1-14(15-7-3-2-4-8-15)23-20(24)13-19-21(23)18-12-11-16-9-5-6-10-17(16)22(18)25-19/h2-10,13-14,18,21-22H,11-12H2,1H3/t14-,18-,21-,22-/m0/s1. The number of nitrogens with zero attached hydrogens (tertiary/aromatic N) is 1. The summed E-state index contributed by atoms with van der Waals surface area (Å²) in [6.07, 6.45) is 3.92. The molecular weight excluding hydrogens is 310 g/mol. The van der Waals surface area contributed by atoms with Gasteiger partial charge in [-0.2, -0.15) is 0 Å². The van der Waals surface area contributed by atoms with Crippen LogP contribution in [0.2, 0.25) is 0 Å². The number of fused-ring (bicyclic) bond motifs is 5. The second-order valence-corrected chi connectivity index (χ2v) is 7.26. The molecule has 3 heteroatoms. The molecule has 0 saturated carbocycles. The van der Waals surface area contributed by atoms with Crippen molar-refractivity contribution in [2.24, 2.45) is 5.92 Å². The summed E-state index contributed by atoms with van der Waals surface area (Å²) in [6, 6.07) is 19.0. The number of hydrogen-bond acceptors (Lipinski definition) is 2. The minimum atomic E-state index is 0.0481. The Bertz CT molecular complexity index is 857. The number of aryl methyl sites for hydroxylation is 1. The summed E-state index contributed by atoms with van der Waals surface area (Å²) in [7, 11) is 0. The number of benzene rings is 2. The van der Waals surface area contributed by atoms with E-state index in [1.807, 2.05) is 23.1 Å². The van der Waals surface area contributed by atoms with E-state index in [-0.39, 0.29) is 24.1 Å². The fourth-order valence-electron chi connectivity index (χ4n) is 4.77. The van der Waals surface area contributed by atoms with Gasteiger partial charge in [-0.1, -0.05) is 54.6 Å². The molecule has 3 aliphatic rings. The second kappa shape index (κ2) is 5.48. The molecule has 0 radical (unpaired) electrons. The Morgan fingerprint density at radius 1 is 1.08 bits per heavy atom. The molecule has 2 heterocycles. The predicted octanol–water partition coefficient (Wildman–Crippen LogP) is 4.18. The van der Waals surface area contributed by atoms with Gasteiger partial charge in [-0.3, -0.25) is 4.79 Å². The van der Waals surface area contributed by atoms with E-state index in [9.17, 15) is 4.79 Å². The van der Waals surface area contributed by atoms with E-state index < -0.39 is 0 Å². The zero-order valence-electron chi connectivity index (χ0n) is 14.3. The van der Waals surface area contributed by atoms with Crippen LogP contribution in [0.25, 0.3) is 0 Å². The fraction of sp³-hybridized carbons (Fsp3) is 0.318. The Hall–Kier alpha value is -2.55. The van der Waals surface area contributed by atoms with Crippen LogP contribution in [0, 0.1) is 5.92 Å². The van der Waals surface area contributed by atoms with Gasteiger partial charge in [0.1, 0.15) is 11.9 Å². The fourth-order valence-corrected chi connectivity index (χ4v) is 4.77. The van der Waals surface area contributed by atoms with Crippen molar-refractivity contribution in [1.29, 1.82) is 0 Å². The average Bonchev–Trinajstić information content (AvgIpc) is 3.16. The van der Waals surface area contributed by atoms with Crippen LogP contribution in [-0.2, 0) is 16.0 Å². The van der Waals surface area contributed by atoms with Gasteiger partial charge in [0.2, 0.25) is 0 Å². The summed E-state index contributed by atoms with van der Waals surface area (Å²) < 4.78 is 6.30. The Labute approximate surface area is 147 Å². The van der Waals surface area contributed by atoms with Crippen molar-refractivity contribution in [2.75, 3.05) is 0 Å². The molecule has 4 atom stereocenters. The number of ether oxygens (including phenoxy) is 1. The van der Waals surface area contributed by atoms with Gasteiger partial charge in [0, 0.05) is 12.0 Å². The molecule has 2 aliphatic heterocycles. The maximum atomic E-state index is 12.7. The van der Waals surface area contributed by atoms with Gasteiger partial charge in [0.25, 0.3) is 5.91 Å². The molecule has 0 aromatic heterocycles. The van der Waals surface area contributed by atoms with Crippen LogP contribution in [0.3, 0.4) is 0 Å². The van der Waals surface area contributed by atoms with Gasteiger partial charge in [-0.25, -0.2) is 0 Å². The van der Waals surface area contributed by atoms with Gasteiger partial charge in [-0.05, 0) is 36.5 Å². The maximum absolute atomic E-state index is 12.7. The van der Waals surface area contributed by atoms with E-state index in [0.29, 0.717) is 5.92 Å². The molecule has 2 aromatic carbocycles. The molecule has 0 unspecified atom stereocenters. The zero-order valence-corrected chi connectivity index (χ0v) is 14.3. The van der Waals surface area contributed by atoms with E-state index >= 15 is 0 Å². The summed E-state index contributed by atoms with van der Waals surface area (Å²) in [5.74, 6) is 1.28. The third-order valence-electron chi connectivity index (χ3n) is 5.98. The van der Waals surface area contributed by atoms with Gasteiger partial charge >= 0.3 is 0 Å². The Kier molecular flexibility index (Phi) is 3.24. The minimum Gasteiger partial charge on any atom is -0.487 e. The number of rotatable bonds is 2. The normalized spacial score (nSPS) is 27.9. The van der Waals surface area contributed by atoms with Gasteiger partial charge in [0.15, 0.2) is 0 Å². The highest BCUT2D eigenvalue weighted by molar-refractivity contribution is 5.92. The SMILES string of the molecule is C[C@@H](c1ccccc1)N1C(=O)C=C2O[C@H]3c4ccccc4CC[C@H]3[C@@H]21. The first kappa shape index (κ1) is 14.8. The maximum Gasteiger partial charge on any atom is 0.251 e. The first-order chi connectivity index (χ1) is 12.2. The molecule has 0 N–H and O–H groups in total. The third kappa shape index (κ3) is 2.15. The number of carbonyl (C=O) groups is 1. The summed E-state index contributed by atoms with van der Waals surface area (Å²) >= 11 is 0. The molecule has 1 amide bonds. The zero-order chi connectivity index (χ0) is 17.0. The van der Waals surface area contributed by atoms with E-state index in [2.05, 4.69) is 43.3 Å². The molecule has 5 rings (SSSR count). The molecule has 1 saturated heterocycles. The van der Waals surface area contributed by atoms with E-state index in [1.165, 1.54) is 16.7 Å². The van der Waals surface area contributed by atoms with Crippen LogP contribution < -0.4 is 0 Å². The Balaban J connectivity index is 1.51. The Morgan fingerprint density at radius 3 is 2.68 bits per heavy atom. The van der Waals surface area contributed by atoms with E-state index in [4.69, 9.17) is 4.74 Å². The predicted molar refractivity (Wildman–Crippen MR) is 95.7 cm³/mol. The van der Waals surface area contributed by atoms with Crippen molar-refractivity contribution in [1.82, 2.24) is 4.90 Å². The first-order valence-corrected chi connectivity index (χ1v) is 9.07. The lowest BCUT2D eigenvalue weighted by atomic mass is 9.79. The van der Waals surface area contributed by atoms with Crippen LogP contribution in [0.5, 0.6) is 0 Å². The molecule has 3 nitrogen and oxygen atoms in total. The van der Waals surface area contributed by atoms with E-state index in [0.717, 1.165) is 18.6 Å². The monoisotopic (exact) mass is 331 g/mol. The van der Waals surface area contributed by atoms with Crippen molar-refractivity contribution < 1.29 is 9.53 Å². The smallest absolute Gasteiger partial charge is 0.251 e. The van der Waals surface area contributed by atoms with Gasteiger partial charge < -0.3 is 9.64 Å². The molecular formula is C22H21NO2. The lowest BCUT2D eigenvalue weighted by molar-refractivity contribution is -0.129. The quantitative estimate of drug-likeness (QED) is 0.826. The molecule has 126 valence electrons. The van der Waals surface area contributed by atoms with Crippen molar-refractivity contribution in [3.63, 3.8) is 0 Å². The molecule has 0 spiro atoms. The summed E-state index contributed by atoms with van der Waals surface area (Å²) in [5.41, 5.74) is 3.86. The first-order valence-electron chi connectivity index (χ1n) is 9.07. The minimum absolute atomic E-state index is 0.0481. The Morgan fingerprint density at radius 2 is 1.84 bits per heavy atom. The molecule has 1 fully saturated rings. The molecule has 0 bridgehead atoms. The highest BCUT2D eigenvalue weighted by Crippen LogP contribution is 2.52. The van der Waals surface area contributed by atoms with Gasteiger partial charge in [-0.15, -0.1) is 0 Å². The van der Waals surface area contributed by atoms with Crippen molar-refractivity contribution in [3.05, 3.63) is 83.1 Å². The number of amides is 1. The summed E-state index contributed by atoms with van der Waals surface area (Å²) in [5, 5.41) is 0. The van der Waals surface area contributed by atoms with Crippen LogP contribution in [-0.4, -0.2) is 16.8 Å². The lowest BCUT2D eigenvalue weighted by Crippen LogP contribution is -2.41. The molecule has 1 aliphatic carbocycles. The summed E-state index contributed by atoms with van der Waals surface area (Å²) in [6.45, 7) is 2.12. The molecule has 2 aromatic rings. The number of carbonyl (C=O) groups excluding carboxylic acids is 1. The van der Waals surface area contributed by atoms with Crippen LogP contribution in [0.4, 0.5) is 0 Å². The molecule has 25 heavy (non-hydrogen) atoms. The van der Waals surface area contributed by atoms with E-state index in [1.54, 1.807) is 6.08 Å². The van der Waals surface area contributed by atoms with Crippen molar-refractivity contribution in [3.8, 4) is 0 Å². The van der Waals surface area contributed by atoms with Gasteiger partial charge in [0.05, 0.1) is 12.1 Å². The largest absolute Gasteiger partial charge is 0.487 e. The van der Waals surface area contributed by atoms with Crippen LogP contribution in [0.1, 0.15) is 42.2 Å². The average molecular weight is 331 g/mol. The number of hydrogen-bond donors (Lipinski definition) is 0. The van der Waals surface area contributed by atoms with Crippen molar-refractivity contribution >= 4 is 5.91 Å². The topological polar surface area (TPSA) is 29.5 Å².